The first kappa shape index (κ1) is 17.5. The van der Waals surface area contributed by atoms with E-state index in [4.69, 9.17) is 14.5 Å². The molecular weight excluding hydrogens is 372 g/mol. The van der Waals surface area contributed by atoms with Crippen molar-refractivity contribution >= 4 is 27.5 Å². The molecule has 0 N–H and O–H groups in total. The number of aromatic nitrogens is 1. The van der Waals surface area contributed by atoms with E-state index in [-0.39, 0.29) is 11.9 Å². The van der Waals surface area contributed by atoms with E-state index in [0.29, 0.717) is 24.5 Å². The van der Waals surface area contributed by atoms with Crippen molar-refractivity contribution in [1.29, 1.82) is 0 Å². The second kappa shape index (κ2) is 7.43. The van der Waals surface area contributed by atoms with Gasteiger partial charge in [0.1, 0.15) is 5.01 Å². The van der Waals surface area contributed by atoms with Crippen molar-refractivity contribution in [2.75, 3.05) is 19.8 Å². The minimum Gasteiger partial charge on any atom is -0.490 e. The number of amides is 1. The van der Waals surface area contributed by atoms with Crippen LogP contribution in [0.1, 0.15) is 47.1 Å². The molecule has 144 valence electrons. The highest BCUT2D eigenvalue weighted by molar-refractivity contribution is 7.18. The quantitative estimate of drug-likeness (QED) is 0.625. The number of thiazole rings is 1. The number of likely N-dealkylation sites (tertiary alicyclic amines) is 1. The first-order valence-electron chi connectivity index (χ1n) is 9.86. The van der Waals surface area contributed by atoms with E-state index >= 15 is 0 Å². The minimum atomic E-state index is 0.0367. The summed E-state index contributed by atoms with van der Waals surface area (Å²) >= 11 is 1.70. The Bertz CT molecular complexity index is 983. The van der Waals surface area contributed by atoms with Gasteiger partial charge in [0.15, 0.2) is 11.5 Å². The highest BCUT2D eigenvalue weighted by atomic mass is 32.1. The molecule has 1 atom stereocenters. The lowest BCUT2D eigenvalue weighted by Crippen LogP contribution is -2.38. The van der Waals surface area contributed by atoms with Crippen molar-refractivity contribution in [2.45, 2.75) is 31.7 Å². The zero-order valence-electron chi connectivity index (χ0n) is 15.6. The van der Waals surface area contributed by atoms with Crippen molar-refractivity contribution in [3.8, 4) is 11.5 Å². The van der Waals surface area contributed by atoms with Gasteiger partial charge in [-0.1, -0.05) is 12.1 Å². The minimum absolute atomic E-state index is 0.0367. The Morgan fingerprint density at radius 2 is 1.89 bits per heavy atom. The van der Waals surface area contributed by atoms with Crippen LogP contribution in [0, 0.1) is 0 Å². The van der Waals surface area contributed by atoms with Crippen LogP contribution in [0.3, 0.4) is 0 Å². The second-order valence-electron chi connectivity index (χ2n) is 7.24. The summed E-state index contributed by atoms with van der Waals surface area (Å²) in [6.07, 6.45) is 3.95. The van der Waals surface area contributed by atoms with Gasteiger partial charge < -0.3 is 14.4 Å². The third kappa shape index (κ3) is 3.22. The van der Waals surface area contributed by atoms with Crippen molar-refractivity contribution < 1.29 is 14.3 Å². The zero-order chi connectivity index (χ0) is 18.9. The van der Waals surface area contributed by atoms with Crippen LogP contribution in [-0.4, -0.2) is 35.5 Å². The number of hydrogen-bond donors (Lipinski definition) is 0. The van der Waals surface area contributed by atoms with E-state index in [1.54, 1.807) is 11.3 Å². The Morgan fingerprint density at radius 3 is 2.79 bits per heavy atom. The summed E-state index contributed by atoms with van der Waals surface area (Å²) in [5, 5.41) is 1.03. The molecule has 2 aliphatic heterocycles. The molecule has 0 saturated carbocycles. The summed E-state index contributed by atoms with van der Waals surface area (Å²) < 4.78 is 12.6. The zero-order valence-corrected chi connectivity index (χ0v) is 16.4. The molecule has 5 rings (SSSR count). The molecule has 2 aromatic carbocycles. The molecule has 0 radical (unpaired) electrons. The van der Waals surface area contributed by atoms with Crippen molar-refractivity contribution in [3.63, 3.8) is 0 Å². The molecule has 1 aromatic heterocycles. The van der Waals surface area contributed by atoms with Crippen molar-refractivity contribution in [3.05, 3.63) is 53.0 Å². The van der Waals surface area contributed by atoms with Crippen LogP contribution in [0.25, 0.3) is 10.2 Å². The summed E-state index contributed by atoms with van der Waals surface area (Å²) in [6.45, 7) is 2.02. The summed E-state index contributed by atoms with van der Waals surface area (Å²) in [6, 6.07) is 13.7. The molecule has 1 unspecified atom stereocenters. The molecule has 1 fully saturated rings. The molecule has 28 heavy (non-hydrogen) atoms. The van der Waals surface area contributed by atoms with Crippen LogP contribution in [0.15, 0.2) is 42.5 Å². The molecule has 6 heteroatoms. The largest absolute Gasteiger partial charge is 0.490 e. The van der Waals surface area contributed by atoms with Crippen LogP contribution < -0.4 is 9.47 Å². The third-order valence-corrected chi connectivity index (χ3v) is 6.49. The number of hydrogen-bond acceptors (Lipinski definition) is 5. The lowest BCUT2D eigenvalue weighted by Gasteiger charge is -2.34. The number of para-hydroxylation sites is 1. The highest BCUT2D eigenvalue weighted by Gasteiger charge is 2.31. The number of carbonyl (C=O) groups is 1. The SMILES string of the molecule is O=C(c1ccc2c(c1)OCCCO2)N1CCCCC1c1nc2ccccc2s1. The van der Waals surface area contributed by atoms with E-state index in [1.807, 2.05) is 41.3 Å². The maximum atomic E-state index is 13.4. The Morgan fingerprint density at radius 1 is 1.04 bits per heavy atom. The lowest BCUT2D eigenvalue weighted by molar-refractivity contribution is 0.0611. The standard InChI is InChI=1S/C22H22N2O3S/c25-22(15-9-10-18-19(14-15)27-13-5-12-26-18)24-11-4-3-7-17(24)21-23-16-6-1-2-8-20(16)28-21/h1-2,6,8-10,14,17H,3-5,7,11-13H2. The molecular formula is C22H22N2O3S. The highest BCUT2D eigenvalue weighted by Crippen LogP contribution is 2.37. The Hall–Kier alpha value is -2.60. The maximum absolute atomic E-state index is 13.4. The van der Waals surface area contributed by atoms with Gasteiger partial charge in [-0.3, -0.25) is 4.79 Å². The van der Waals surface area contributed by atoms with Crippen molar-refractivity contribution in [2.24, 2.45) is 0 Å². The summed E-state index contributed by atoms with van der Waals surface area (Å²) in [5.74, 6) is 1.42. The van der Waals surface area contributed by atoms with Crippen LogP contribution in [-0.2, 0) is 0 Å². The average Bonchev–Trinajstić information content (AvgIpc) is 3.04. The molecule has 3 aromatic rings. The first-order chi connectivity index (χ1) is 13.8. The Balaban J connectivity index is 1.46. The van der Waals surface area contributed by atoms with E-state index < -0.39 is 0 Å². The van der Waals surface area contributed by atoms with Crippen LogP contribution in [0.5, 0.6) is 11.5 Å². The number of benzene rings is 2. The van der Waals surface area contributed by atoms with Gasteiger partial charge >= 0.3 is 0 Å². The second-order valence-corrected chi connectivity index (χ2v) is 8.30. The van der Waals surface area contributed by atoms with Crippen LogP contribution in [0.2, 0.25) is 0 Å². The fourth-order valence-electron chi connectivity index (χ4n) is 3.93. The van der Waals surface area contributed by atoms with Gasteiger partial charge in [0.05, 0.1) is 29.5 Å². The van der Waals surface area contributed by atoms with E-state index in [1.165, 1.54) is 4.70 Å². The lowest BCUT2D eigenvalue weighted by atomic mass is 10.0. The summed E-state index contributed by atoms with van der Waals surface area (Å²) in [7, 11) is 0. The van der Waals surface area contributed by atoms with Gasteiger partial charge in [-0.15, -0.1) is 11.3 Å². The normalized spacial score (nSPS) is 19.4. The van der Waals surface area contributed by atoms with Crippen molar-refractivity contribution in [1.82, 2.24) is 9.88 Å². The molecule has 2 aliphatic rings. The van der Waals surface area contributed by atoms with Gasteiger partial charge in [0.2, 0.25) is 0 Å². The Labute approximate surface area is 167 Å². The third-order valence-electron chi connectivity index (χ3n) is 5.35. The molecule has 1 amide bonds. The monoisotopic (exact) mass is 394 g/mol. The summed E-state index contributed by atoms with van der Waals surface area (Å²) in [5.41, 5.74) is 1.66. The first-order valence-corrected chi connectivity index (χ1v) is 10.7. The van der Waals surface area contributed by atoms with Gasteiger partial charge in [-0.2, -0.15) is 0 Å². The van der Waals surface area contributed by atoms with Gasteiger partial charge in [0.25, 0.3) is 5.91 Å². The topological polar surface area (TPSA) is 51.7 Å². The number of nitrogens with zero attached hydrogens (tertiary/aromatic N) is 2. The van der Waals surface area contributed by atoms with Crippen LogP contribution >= 0.6 is 11.3 Å². The number of carbonyl (C=O) groups excluding carboxylic acids is 1. The van der Waals surface area contributed by atoms with E-state index in [9.17, 15) is 4.79 Å². The maximum Gasteiger partial charge on any atom is 0.254 e. The van der Waals surface area contributed by atoms with Crippen LogP contribution in [0.4, 0.5) is 0 Å². The smallest absolute Gasteiger partial charge is 0.254 e. The van der Waals surface area contributed by atoms with E-state index in [2.05, 4.69) is 6.07 Å². The average molecular weight is 394 g/mol. The fourth-order valence-corrected chi connectivity index (χ4v) is 5.04. The molecule has 0 spiro atoms. The number of fused-ring (bicyclic) bond motifs is 2. The number of piperidine rings is 1. The molecule has 1 saturated heterocycles. The van der Waals surface area contributed by atoms with Gasteiger partial charge in [-0.25, -0.2) is 4.98 Å². The molecule has 0 bridgehead atoms. The number of rotatable bonds is 2. The molecule has 5 nitrogen and oxygen atoms in total. The summed E-state index contributed by atoms with van der Waals surface area (Å²) in [4.78, 5) is 20.2. The Kier molecular flexibility index (Phi) is 4.64. The van der Waals surface area contributed by atoms with Gasteiger partial charge in [-0.05, 0) is 49.6 Å². The predicted molar refractivity (Wildman–Crippen MR) is 109 cm³/mol. The fraction of sp³-hybridized carbons (Fsp3) is 0.364. The molecule has 0 aliphatic carbocycles. The van der Waals surface area contributed by atoms with Gasteiger partial charge in [0, 0.05) is 18.5 Å². The van der Waals surface area contributed by atoms with E-state index in [0.717, 1.165) is 48.5 Å². The predicted octanol–water partition coefficient (Wildman–Crippen LogP) is 4.83. The molecule has 3 heterocycles. The number of ether oxygens (including phenoxy) is 2.